The molecule has 0 bridgehead atoms. The van der Waals surface area contributed by atoms with Crippen molar-refractivity contribution in [1.82, 2.24) is 0 Å². The minimum Gasteiger partial charge on any atom is -0.0602 e. The molecule has 0 amide bonds. The van der Waals surface area contributed by atoms with E-state index in [9.17, 15) is 0 Å². The average molecular weight is 129 g/mol. The standard InChI is InChI=1S/C7H17Si/c1-5-6(8)7(2,3)4/h6H,1,5H2,2-4,8H3. The molecule has 1 atom stereocenters. The van der Waals surface area contributed by atoms with Crippen LogP contribution < -0.4 is 0 Å². The highest BCUT2D eigenvalue weighted by Crippen LogP contribution is 2.30. The van der Waals surface area contributed by atoms with Crippen LogP contribution in [-0.2, 0) is 0 Å². The van der Waals surface area contributed by atoms with Gasteiger partial charge in [0.2, 0.25) is 0 Å². The summed E-state index contributed by atoms with van der Waals surface area (Å²) in [5.41, 5.74) is 1.39. The zero-order chi connectivity index (χ0) is 6.78. The van der Waals surface area contributed by atoms with E-state index in [0.717, 1.165) is 12.0 Å². The number of hydrogen-bond acceptors (Lipinski definition) is 0. The molecule has 0 aromatic heterocycles. The molecule has 8 heavy (non-hydrogen) atoms. The minimum absolute atomic E-state index is 0.508. The molecular weight excluding hydrogens is 112 g/mol. The first-order valence-electron chi connectivity index (χ1n) is 3.27. The molecule has 0 aromatic carbocycles. The normalized spacial score (nSPS) is 16.5. The topological polar surface area (TPSA) is 0 Å². The molecule has 0 heterocycles. The molecule has 0 rings (SSSR count). The van der Waals surface area contributed by atoms with Gasteiger partial charge in [-0.05, 0) is 11.0 Å². The fourth-order valence-electron chi connectivity index (χ4n) is 0.433. The Morgan fingerprint density at radius 2 is 1.88 bits per heavy atom. The summed E-state index contributed by atoms with van der Waals surface area (Å²) in [6.07, 6.45) is 1.11. The lowest BCUT2D eigenvalue weighted by atomic mass is 9.90. The lowest BCUT2D eigenvalue weighted by Crippen LogP contribution is -2.13. The summed E-state index contributed by atoms with van der Waals surface area (Å²) in [5.74, 6) is 0. The molecule has 1 radical (unpaired) electrons. The molecule has 0 aliphatic heterocycles. The van der Waals surface area contributed by atoms with Crippen molar-refractivity contribution in [3.8, 4) is 0 Å². The molecule has 1 unspecified atom stereocenters. The zero-order valence-electron chi connectivity index (χ0n) is 6.49. The van der Waals surface area contributed by atoms with E-state index in [-0.39, 0.29) is 0 Å². The zero-order valence-corrected chi connectivity index (χ0v) is 8.49. The van der Waals surface area contributed by atoms with Crippen LogP contribution >= 0.6 is 0 Å². The second kappa shape index (κ2) is 2.67. The Bertz CT molecular complexity index is 61.3. The molecule has 0 nitrogen and oxygen atoms in total. The second-order valence-electron chi connectivity index (χ2n) is 3.56. The molecule has 0 aliphatic carbocycles. The van der Waals surface area contributed by atoms with Gasteiger partial charge >= 0.3 is 0 Å². The van der Waals surface area contributed by atoms with Crippen LogP contribution in [0, 0.1) is 12.3 Å². The Balaban J connectivity index is 3.62. The molecule has 1 heteroatoms. The van der Waals surface area contributed by atoms with Crippen molar-refractivity contribution in [2.24, 2.45) is 5.41 Å². The van der Waals surface area contributed by atoms with E-state index in [1.54, 1.807) is 0 Å². The van der Waals surface area contributed by atoms with Gasteiger partial charge in [-0.1, -0.05) is 34.1 Å². The smallest absolute Gasteiger partial charge is 0.00739 e. The Labute approximate surface area is 56.1 Å². The van der Waals surface area contributed by atoms with Crippen molar-refractivity contribution in [3.05, 3.63) is 6.92 Å². The first-order valence-corrected chi connectivity index (χ1v) is 4.43. The van der Waals surface area contributed by atoms with Crippen molar-refractivity contribution >= 4 is 10.2 Å². The summed E-state index contributed by atoms with van der Waals surface area (Å²) in [7, 11) is 1.29. The van der Waals surface area contributed by atoms with Gasteiger partial charge in [-0.3, -0.25) is 0 Å². The second-order valence-corrected chi connectivity index (χ2v) is 4.95. The van der Waals surface area contributed by atoms with Gasteiger partial charge in [-0.2, -0.15) is 0 Å². The molecule has 0 N–H and O–H groups in total. The summed E-state index contributed by atoms with van der Waals surface area (Å²) in [6.45, 7) is 10.7. The van der Waals surface area contributed by atoms with Crippen LogP contribution in [0.2, 0.25) is 5.54 Å². The highest BCUT2D eigenvalue weighted by atomic mass is 28.1. The van der Waals surface area contributed by atoms with Gasteiger partial charge < -0.3 is 0 Å². The van der Waals surface area contributed by atoms with E-state index in [0.29, 0.717) is 5.41 Å². The number of rotatable bonds is 1. The molecule has 0 saturated carbocycles. The maximum absolute atomic E-state index is 3.89. The predicted molar refractivity (Wildman–Crippen MR) is 43.1 cm³/mol. The fraction of sp³-hybridized carbons (Fsp3) is 0.857. The van der Waals surface area contributed by atoms with Crippen molar-refractivity contribution in [2.75, 3.05) is 0 Å². The molecule has 0 aliphatic rings. The van der Waals surface area contributed by atoms with Gasteiger partial charge in [0.15, 0.2) is 0 Å². The van der Waals surface area contributed by atoms with E-state index >= 15 is 0 Å². The Kier molecular flexibility index (Phi) is 2.74. The van der Waals surface area contributed by atoms with Crippen molar-refractivity contribution < 1.29 is 0 Å². The highest BCUT2D eigenvalue weighted by molar-refractivity contribution is 6.12. The van der Waals surface area contributed by atoms with Crippen molar-refractivity contribution in [3.63, 3.8) is 0 Å². The van der Waals surface area contributed by atoms with Crippen molar-refractivity contribution in [2.45, 2.75) is 32.7 Å². The van der Waals surface area contributed by atoms with E-state index in [1.165, 1.54) is 10.2 Å². The monoisotopic (exact) mass is 129 g/mol. The fourth-order valence-corrected chi connectivity index (χ4v) is 0.433. The predicted octanol–water partition coefficient (Wildman–Crippen LogP) is 1.41. The van der Waals surface area contributed by atoms with Gasteiger partial charge in [0.1, 0.15) is 0 Å². The molecule has 0 aromatic rings. The quantitative estimate of drug-likeness (QED) is 0.470. The van der Waals surface area contributed by atoms with Gasteiger partial charge in [-0.15, -0.1) is 0 Å². The minimum atomic E-state index is 0.508. The SMILES string of the molecule is [CH2]CC([SiH3])C(C)(C)C. The van der Waals surface area contributed by atoms with Crippen molar-refractivity contribution in [1.29, 1.82) is 0 Å². The third-order valence-corrected chi connectivity index (χ3v) is 4.22. The first-order chi connectivity index (χ1) is 3.48. The van der Waals surface area contributed by atoms with E-state index in [2.05, 4.69) is 27.7 Å². The first kappa shape index (κ1) is 8.22. The summed E-state index contributed by atoms with van der Waals surface area (Å²) in [6, 6.07) is 0. The van der Waals surface area contributed by atoms with E-state index in [4.69, 9.17) is 0 Å². The summed E-state index contributed by atoms with van der Waals surface area (Å²) < 4.78 is 0. The summed E-state index contributed by atoms with van der Waals surface area (Å²) in [4.78, 5) is 0. The maximum atomic E-state index is 3.89. The van der Waals surface area contributed by atoms with Crippen LogP contribution in [0.3, 0.4) is 0 Å². The van der Waals surface area contributed by atoms with Gasteiger partial charge in [-0.25, -0.2) is 0 Å². The summed E-state index contributed by atoms with van der Waals surface area (Å²) >= 11 is 0. The molecular formula is C7H17Si. The van der Waals surface area contributed by atoms with Crippen LogP contribution in [0.25, 0.3) is 0 Å². The van der Waals surface area contributed by atoms with Crippen LogP contribution in [0.15, 0.2) is 0 Å². The third-order valence-electron chi connectivity index (χ3n) is 1.91. The largest absolute Gasteiger partial charge is 0.0602 e. The molecule has 0 saturated heterocycles. The van der Waals surface area contributed by atoms with Gasteiger partial charge in [0, 0.05) is 10.2 Å². The lowest BCUT2D eigenvalue weighted by Gasteiger charge is -2.25. The van der Waals surface area contributed by atoms with Crippen LogP contribution in [-0.4, -0.2) is 10.2 Å². The Morgan fingerprint density at radius 1 is 1.50 bits per heavy atom. The van der Waals surface area contributed by atoms with Crippen LogP contribution in [0.1, 0.15) is 27.2 Å². The van der Waals surface area contributed by atoms with E-state index in [1.807, 2.05) is 0 Å². The molecule has 49 valence electrons. The lowest BCUT2D eigenvalue weighted by molar-refractivity contribution is 0.381. The number of hydrogen-bond donors (Lipinski definition) is 0. The third kappa shape index (κ3) is 2.51. The van der Waals surface area contributed by atoms with Crippen LogP contribution in [0.4, 0.5) is 0 Å². The van der Waals surface area contributed by atoms with Gasteiger partial charge in [0.05, 0.1) is 0 Å². The Hall–Kier alpha value is 0.217. The summed E-state index contributed by atoms with van der Waals surface area (Å²) in [5, 5.41) is 0. The van der Waals surface area contributed by atoms with E-state index < -0.39 is 0 Å². The molecule has 0 fully saturated rings. The highest BCUT2D eigenvalue weighted by Gasteiger charge is 2.16. The average Bonchev–Trinajstić information content (AvgIpc) is 1.62. The maximum Gasteiger partial charge on any atom is 0.00739 e. The van der Waals surface area contributed by atoms with Gasteiger partial charge in [0.25, 0.3) is 0 Å². The molecule has 0 spiro atoms. The van der Waals surface area contributed by atoms with Crippen LogP contribution in [0.5, 0.6) is 0 Å². The Morgan fingerprint density at radius 3 is 1.88 bits per heavy atom.